The molecule has 0 atom stereocenters. The van der Waals surface area contributed by atoms with Gasteiger partial charge in [-0.3, -0.25) is 14.7 Å². The third kappa shape index (κ3) is 2.46. The molecule has 0 spiro atoms. The number of hydrogen-bond donors (Lipinski definition) is 1. The van der Waals surface area contributed by atoms with Gasteiger partial charge in [0.2, 0.25) is 5.95 Å². The van der Waals surface area contributed by atoms with E-state index in [4.69, 9.17) is 4.98 Å². The number of hydrogen-bond acceptors (Lipinski definition) is 6. The van der Waals surface area contributed by atoms with Gasteiger partial charge in [0, 0.05) is 32.2 Å². The summed E-state index contributed by atoms with van der Waals surface area (Å²) in [6.45, 7) is 3.51. The molecule has 0 amide bonds. The van der Waals surface area contributed by atoms with Crippen LogP contribution in [0.5, 0.6) is 0 Å². The molecule has 122 valence electrons. The summed E-state index contributed by atoms with van der Waals surface area (Å²) >= 11 is 0. The van der Waals surface area contributed by atoms with Crippen molar-refractivity contribution in [2.24, 2.45) is 0 Å². The molecule has 0 saturated carbocycles. The number of nitrogens with zero attached hydrogens (tertiary/aromatic N) is 5. The van der Waals surface area contributed by atoms with Gasteiger partial charge >= 0.3 is 0 Å². The maximum absolute atomic E-state index is 10.9. The van der Waals surface area contributed by atoms with Gasteiger partial charge in [-0.05, 0) is 18.2 Å². The fourth-order valence-electron chi connectivity index (χ4n) is 2.93. The second-order valence-corrected chi connectivity index (χ2v) is 5.60. The van der Waals surface area contributed by atoms with Crippen LogP contribution in [0.1, 0.15) is 0 Å². The van der Waals surface area contributed by atoms with E-state index in [2.05, 4.69) is 15.2 Å². The molecule has 8 nitrogen and oxygen atoms in total. The average molecular weight is 324 g/mol. The average Bonchev–Trinajstić information content (AvgIpc) is 3.02. The maximum atomic E-state index is 10.9. The largest absolute Gasteiger partial charge is 0.339 e. The second kappa shape index (κ2) is 5.89. The summed E-state index contributed by atoms with van der Waals surface area (Å²) in [5.41, 5.74) is 1.80. The summed E-state index contributed by atoms with van der Waals surface area (Å²) in [7, 11) is 0. The van der Waals surface area contributed by atoms with Gasteiger partial charge in [-0.15, -0.1) is 0 Å². The highest BCUT2D eigenvalue weighted by Gasteiger charge is 2.20. The predicted octanol–water partition coefficient (Wildman–Crippen LogP) is 1.74. The van der Waals surface area contributed by atoms with Crippen LogP contribution in [0.15, 0.2) is 42.6 Å². The number of para-hydroxylation sites is 2. The lowest BCUT2D eigenvalue weighted by molar-refractivity contribution is -0.385. The van der Waals surface area contributed by atoms with E-state index in [1.165, 1.54) is 12.3 Å². The Hall–Kier alpha value is -3.00. The Balaban J connectivity index is 1.86. The van der Waals surface area contributed by atoms with E-state index in [-0.39, 0.29) is 5.69 Å². The summed E-state index contributed by atoms with van der Waals surface area (Å²) in [6.07, 6.45) is 1.28. The molecular weight excluding hydrogens is 308 g/mol. The normalized spacial score (nSPS) is 14.9. The first-order valence-electron chi connectivity index (χ1n) is 7.78. The number of pyridine rings is 1. The molecule has 1 aromatic carbocycles. The standard InChI is InChI=1S/C16H16N6O2/c23-22(24)12-5-6-15(18-11-12)21-14-4-2-1-3-13(14)19-16(21)20-9-7-17-8-10-20/h1-6,11,17H,7-10H2. The van der Waals surface area contributed by atoms with Crippen LogP contribution in [0.4, 0.5) is 11.6 Å². The summed E-state index contributed by atoms with van der Waals surface area (Å²) in [6, 6.07) is 11.0. The van der Waals surface area contributed by atoms with E-state index >= 15 is 0 Å². The Labute approximate surface area is 137 Å². The van der Waals surface area contributed by atoms with Crippen molar-refractivity contribution in [2.45, 2.75) is 0 Å². The second-order valence-electron chi connectivity index (χ2n) is 5.60. The molecule has 3 heterocycles. The molecule has 0 unspecified atom stereocenters. The first-order chi connectivity index (χ1) is 11.7. The first-order valence-corrected chi connectivity index (χ1v) is 7.78. The van der Waals surface area contributed by atoms with Gasteiger partial charge in [0.15, 0.2) is 0 Å². The smallest absolute Gasteiger partial charge is 0.287 e. The van der Waals surface area contributed by atoms with Crippen molar-refractivity contribution >= 4 is 22.7 Å². The van der Waals surface area contributed by atoms with Crippen molar-refractivity contribution < 1.29 is 4.92 Å². The fraction of sp³-hybridized carbons (Fsp3) is 0.250. The predicted molar refractivity (Wildman–Crippen MR) is 90.6 cm³/mol. The number of benzene rings is 1. The Morgan fingerprint density at radius 2 is 1.92 bits per heavy atom. The quantitative estimate of drug-likeness (QED) is 0.583. The number of nitro groups is 1. The van der Waals surface area contributed by atoms with Crippen molar-refractivity contribution in [3.05, 3.63) is 52.7 Å². The molecular formula is C16H16N6O2. The van der Waals surface area contributed by atoms with E-state index in [1.807, 2.05) is 28.8 Å². The minimum absolute atomic E-state index is 0.0214. The molecule has 0 bridgehead atoms. The molecule has 1 saturated heterocycles. The fourth-order valence-corrected chi connectivity index (χ4v) is 2.93. The first kappa shape index (κ1) is 14.6. The van der Waals surface area contributed by atoms with Crippen molar-refractivity contribution in [3.8, 4) is 5.82 Å². The molecule has 3 aromatic rings. The van der Waals surface area contributed by atoms with Gasteiger partial charge in [0.1, 0.15) is 12.0 Å². The van der Waals surface area contributed by atoms with Gasteiger partial charge in [-0.25, -0.2) is 9.97 Å². The van der Waals surface area contributed by atoms with Crippen LogP contribution in [0, 0.1) is 10.1 Å². The van der Waals surface area contributed by atoms with Crippen molar-refractivity contribution in [3.63, 3.8) is 0 Å². The number of nitrogens with one attached hydrogen (secondary N) is 1. The van der Waals surface area contributed by atoms with Gasteiger partial charge < -0.3 is 10.2 Å². The van der Waals surface area contributed by atoms with Crippen LogP contribution < -0.4 is 10.2 Å². The molecule has 1 aliphatic heterocycles. The summed E-state index contributed by atoms with van der Waals surface area (Å²) in [5.74, 6) is 1.45. The van der Waals surface area contributed by atoms with E-state index in [0.717, 1.165) is 43.2 Å². The molecule has 1 fully saturated rings. The van der Waals surface area contributed by atoms with E-state index in [1.54, 1.807) is 6.07 Å². The number of fused-ring (bicyclic) bond motifs is 1. The number of anilines is 1. The Kier molecular flexibility index (Phi) is 3.58. The SMILES string of the molecule is O=[N+]([O-])c1ccc(-n2c(N3CCNCC3)nc3ccccc32)nc1. The molecule has 0 aliphatic carbocycles. The Morgan fingerprint density at radius 1 is 1.12 bits per heavy atom. The minimum Gasteiger partial charge on any atom is -0.339 e. The van der Waals surface area contributed by atoms with Gasteiger partial charge in [0.05, 0.1) is 16.0 Å². The van der Waals surface area contributed by atoms with Crippen LogP contribution in [0.3, 0.4) is 0 Å². The summed E-state index contributed by atoms with van der Waals surface area (Å²) in [4.78, 5) is 21.7. The highest BCUT2D eigenvalue weighted by atomic mass is 16.6. The molecule has 8 heteroatoms. The van der Waals surface area contributed by atoms with Crippen molar-refractivity contribution in [1.29, 1.82) is 0 Å². The van der Waals surface area contributed by atoms with Gasteiger partial charge in [0.25, 0.3) is 5.69 Å². The van der Waals surface area contributed by atoms with Crippen molar-refractivity contribution in [2.75, 3.05) is 31.1 Å². The van der Waals surface area contributed by atoms with Gasteiger partial charge in [-0.2, -0.15) is 0 Å². The third-order valence-corrected chi connectivity index (χ3v) is 4.12. The van der Waals surface area contributed by atoms with Crippen molar-refractivity contribution in [1.82, 2.24) is 19.9 Å². The van der Waals surface area contributed by atoms with Gasteiger partial charge in [-0.1, -0.05) is 12.1 Å². The molecule has 24 heavy (non-hydrogen) atoms. The summed E-state index contributed by atoms with van der Waals surface area (Å²) in [5, 5.41) is 14.2. The number of imidazole rings is 1. The molecule has 2 aromatic heterocycles. The lowest BCUT2D eigenvalue weighted by Crippen LogP contribution is -2.44. The number of rotatable bonds is 3. The molecule has 1 N–H and O–H groups in total. The van der Waals surface area contributed by atoms with Crippen LogP contribution >= 0.6 is 0 Å². The van der Waals surface area contributed by atoms with Crippen LogP contribution in [-0.2, 0) is 0 Å². The van der Waals surface area contributed by atoms with Crippen LogP contribution in [0.25, 0.3) is 16.9 Å². The Morgan fingerprint density at radius 3 is 2.62 bits per heavy atom. The minimum atomic E-state index is -0.444. The highest BCUT2D eigenvalue weighted by molar-refractivity contribution is 5.81. The number of aromatic nitrogens is 3. The molecule has 1 aliphatic rings. The van der Waals surface area contributed by atoms with Crippen LogP contribution in [0.2, 0.25) is 0 Å². The zero-order valence-electron chi connectivity index (χ0n) is 12.9. The maximum Gasteiger partial charge on any atom is 0.287 e. The zero-order valence-corrected chi connectivity index (χ0v) is 12.9. The lowest BCUT2D eigenvalue weighted by atomic mass is 10.3. The van der Waals surface area contributed by atoms with Crippen LogP contribution in [-0.4, -0.2) is 45.6 Å². The highest BCUT2D eigenvalue weighted by Crippen LogP contribution is 2.27. The Bertz CT molecular complexity index is 883. The molecule has 4 rings (SSSR count). The topological polar surface area (TPSA) is 89.1 Å². The van der Waals surface area contributed by atoms with E-state index in [0.29, 0.717) is 5.82 Å². The third-order valence-electron chi connectivity index (χ3n) is 4.12. The number of piperazine rings is 1. The lowest BCUT2D eigenvalue weighted by Gasteiger charge is -2.28. The van der Waals surface area contributed by atoms with E-state index in [9.17, 15) is 10.1 Å². The molecule has 0 radical (unpaired) electrons. The van der Waals surface area contributed by atoms with E-state index < -0.39 is 4.92 Å². The summed E-state index contributed by atoms with van der Waals surface area (Å²) < 4.78 is 1.96. The zero-order chi connectivity index (χ0) is 16.5. The monoisotopic (exact) mass is 324 g/mol.